The molecule has 0 unspecified atom stereocenters. The lowest BCUT2D eigenvalue weighted by Crippen LogP contribution is -2.46. The van der Waals surface area contributed by atoms with Crippen LogP contribution in [0.15, 0.2) is 22.7 Å². The van der Waals surface area contributed by atoms with E-state index in [2.05, 4.69) is 33.0 Å². The highest BCUT2D eigenvalue weighted by molar-refractivity contribution is 9.10. The molecule has 5 heteroatoms. The molecule has 2 heterocycles. The van der Waals surface area contributed by atoms with E-state index < -0.39 is 0 Å². The van der Waals surface area contributed by atoms with Crippen LogP contribution in [0.4, 0.5) is 4.39 Å². The van der Waals surface area contributed by atoms with Crippen LogP contribution in [0.3, 0.4) is 0 Å². The van der Waals surface area contributed by atoms with Crippen molar-refractivity contribution in [2.75, 3.05) is 13.2 Å². The summed E-state index contributed by atoms with van der Waals surface area (Å²) in [6.07, 6.45) is 4.49. The van der Waals surface area contributed by atoms with Gasteiger partial charge in [0.25, 0.3) is 0 Å². The molecule has 0 N–H and O–H groups in total. The molecule has 1 aromatic carbocycles. The number of nitrogens with zero attached hydrogens (tertiary/aromatic N) is 2. The highest BCUT2D eigenvalue weighted by Crippen LogP contribution is 2.44. The first-order chi connectivity index (χ1) is 10.2. The first kappa shape index (κ1) is 14.1. The maximum Gasteiger partial charge on any atom is 0.105 e. The lowest BCUT2D eigenvalue weighted by molar-refractivity contribution is 0.0845. The van der Waals surface area contributed by atoms with E-state index in [0.29, 0.717) is 12.0 Å². The highest BCUT2D eigenvalue weighted by Gasteiger charge is 2.40. The molecule has 1 saturated carbocycles. The molecule has 2 aliphatic rings. The van der Waals surface area contributed by atoms with Crippen molar-refractivity contribution in [3.63, 3.8) is 0 Å². The first-order valence-corrected chi connectivity index (χ1v) is 9.23. The average Bonchev–Trinajstić information content (AvgIpc) is 3.03. The smallest absolute Gasteiger partial charge is 0.105 e. The number of hydrogen-bond donors (Lipinski definition) is 0. The highest BCUT2D eigenvalue weighted by atomic mass is 79.9. The fourth-order valence-electron chi connectivity index (χ4n) is 3.66. The zero-order chi connectivity index (χ0) is 14.4. The number of likely N-dealkylation sites (tertiary alicyclic amines) is 1. The Bertz CT molecular complexity index is 653. The van der Waals surface area contributed by atoms with Gasteiger partial charge in [-0.3, -0.25) is 4.90 Å². The summed E-state index contributed by atoms with van der Waals surface area (Å²) in [6, 6.07) is 7.03. The lowest BCUT2D eigenvalue weighted by Gasteiger charge is -2.42. The molecule has 1 atom stereocenters. The molecule has 0 bridgehead atoms. The van der Waals surface area contributed by atoms with Crippen LogP contribution in [0.5, 0.6) is 0 Å². The van der Waals surface area contributed by atoms with Crippen LogP contribution in [-0.4, -0.2) is 35.2 Å². The second kappa shape index (κ2) is 5.60. The SMILES string of the molecule is FC[C@@H]1CCCN1[C@H]1C[C@H](c2nc3ccc(Br)cc3s2)C1. The number of aromatic nitrogens is 1. The Morgan fingerprint density at radius 1 is 1.38 bits per heavy atom. The molecule has 2 aromatic rings. The molecule has 0 spiro atoms. The topological polar surface area (TPSA) is 16.1 Å². The van der Waals surface area contributed by atoms with Crippen LogP contribution in [-0.2, 0) is 0 Å². The number of hydrogen-bond acceptors (Lipinski definition) is 3. The number of thiazole rings is 1. The van der Waals surface area contributed by atoms with Crippen LogP contribution in [0.25, 0.3) is 10.2 Å². The molecule has 0 radical (unpaired) electrons. The van der Waals surface area contributed by atoms with Crippen molar-refractivity contribution in [3.05, 3.63) is 27.7 Å². The summed E-state index contributed by atoms with van der Waals surface area (Å²) in [6.45, 7) is 0.898. The average molecular weight is 369 g/mol. The van der Waals surface area contributed by atoms with Crippen molar-refractivity contribution in [3.8, 4) is 0 Å². The first-order valence-electron chi connectivity index (χ1n) is 7.62. The number of rotatable bonds is 3. The second-order valence-corrected chi connectivity index (χ2v) is 8.15. The molecule has 112 valence electrons. The predicted molar refractivity (Wildman–Crippen MR) is 88.8 cm³/mol. The van der Waals surface area contributed by atoms with E-state index in [4.69, 9.17) is 4.98 Å². The number of benzene rings is 1. The van der Waals surface area contributed by atoms with Gasteiger partial charge in [-0.15, -0.1) is 11.3 Å². The van der Waals surface area contributed by atoms with Gasteiger partial charge >= 0.3 is 0 Å². The molecule has 1 aliphatic carbocycles. The third-order valence-corrected chi connectivity index (χ3v) is 6.57. The largest absolute Gasteiger partial charge is 0.295 e. The molecular formula is C16H18BrFN2S. The van der Waals surface area contributed by atoms with Crippen molar-refractivity contribution < 1.29 is 4.39 Å². The lowest BCUT2D eigenvalue weighted by atomic mass is 9.79. The Morgan fingerprint density at radius 3 is 3.05 bits per heavy atom. The maximum atomic E-state index is 13.0. The minimum absolute atomic E-state index is 0.183. The van der Waals surface area contributed by atoms with Crippen molar-refractivity contribution in [2.45, 2.75) is 43.7 Å². The molecule has 1 saturated heterocycles. The summed E-state index contributed by atoms with van der Waals surface area (Å²) in [5, 5.41) is 1.26. The van der Waals surface area contributed by atoms with Gasteiger partial charge in [-0.2, -0.15) is 0 Å². The van der Waals surface area contributed by atoms with Crippen molar-refractivity contribution in [1.82, 2.24) is 9.88 Å². The predicted octanol–water partition coefficient (Wildman–Crippen LogP) is 4.74. The minimum Gasteiger partial charge on any atom is -0.295 e. The zero-order valence-corrected chi connectivity index (χ0v) is 14.2. The van der Waals surface area contributed by atoms with E-state index in [0.717, 1.165) is 42.2 Å². The third kappa shape index (κ3) is 2.53. The van der Waals surface area contributed by atoms with Gasteiger partial charge in [-0.25, -0.2) is 9.37 Å². The third-order valence-electron chi connectivity index (χ3n) is 4.90. The normalized spacial score (nSPS) is 29.9. The minimum atomic E-state index is -0.184. The molecule has 2 nitrogen and oxygen atoms in total. The Labute approximate surface area is 136 Å². The van der Waals surface area contributed by atoms with Gasteiger partial charge in [0, 0.05) is 22.5 Å². The monoisotopic (exact) mass is 368 g/mol. The van der Waals surface area contributed by atoms with Crippen molar-refractivity contribution in [1.29, 1.82) is 0 Å². The summed E-state index contributed by atoms with van der Waals surface area (Å²) >= 11 is 5.33. The quantitative estimate of drug-likeness (QED) is 0.777. The zero-order valence-electron chi connectivity index (χ0n) is 11.8. The number of fused-ring (bicyclic) bond motifs is 1. The fraction of sp³-hybridized carbons (Fsp3) is 0.562. The summed E-state index contributed by atoms with van der Waals surface area (Å²) in [4.78, 5) is 7.18. The Kier molecular flexibility index (Phi) is 3.76. The molecule has 4 rings (SSSR count). The van der Waals surface area contributed by atoms with E-state index in [1.807, 2.05) is 17.4 Å². The molecule has 21 heavy (non-hydrogen) atoms. The van der Waals surface area contributed by atoms with Crippen molar-refractivity contribution >= 4 is 37.5 Å². The van der Waals surface area contributed by atoms with Gasteiger partial charge in [0.15, 0.2) is 0 Å². The van der Waals surface area contributed by atoms with E-state index in [1.54, 1.807) is 0 Å². The van der Waals surface area contributed by atoms with Gasteiger partial charge < -0.3 is 0 Å². The summed E-state index contributed by atoms with van der Waals surface area (Å²) in [5.41, 5.74) is 1.10. The molecule has 0 amide bonds. The molecule has 2 fully saturated rings. The Hall–Kier alpha value is -0.520. The van der Waals surface area contributed by atoms with Gasteiger partial charge in [0.2, 0.25) is 0 Å². The van der Waals surface area contributed by atoms with Crippen LogP contribution >= 0.6 is 27.3 Å². The van der Waals surface area contributed by atoms with Crippen LogP contribution in [0, 0.1) is 0 Å². The van der Waals surface area contributed by atoms with E-state index in [-0.39, 0.29) is 12.7 Å². The Morgan fingerprint density at radius 2 is 2.24 bits per heavy atom. The summed E-state index contributed by atoms with van der Waals surface area (Å²) < 4.78 is 15.4. The molecular weight excluding hydrogens is 351 g/mol. The fourth-order valence-corrected chi connectivity index (χ4v) is 5.30. The van der Waals surface area contributed by atoms with Crippen LogP contribution < -0.4 is 0 Å². The number of halogens is 2. The van der Waals surface area contributed by atoms with E-state index >= 15 is 0 Å². The van der Waals surface area contributed by atoms with Gasteiger partial charge in [0.05, 0.1) is 15.2 Å². The summed E-state index contributed by atoms with van der Waals surface area (Å²) in [5.74, 6) is 0.576. The number of alkyl halides is 1. The van der Waals surface area contributed by atoms with E-state index in [1.165, 1.54) is 9.71 Å². The second-order valence-electron chi connectivity index (χ2n) is 6.17. The van der Waals surface area contributed by atoms with Crippen LogP contribution in [0.2, 0.25) is 0 Å². The standard InChI is InChI=1S/C16H18BrFN2S/c17-11-3-4-14-15(8-11)21-16(19-14)10-6-13(7-10)20-5-1-2-12(20)9-18/h3-4,8,10,12-13H,1-2,5-7,9H2/t10-,12-,13-/m0/s1. The Balaban J connectivity index is 1.46. The van der Waals surface area contributed by atoms with Crippen molar-refractivity contribution in [2.24, 2.45) is 0 Å². The van der Waals surface area contributed by atoms with Gasteiger partial charge in [-0.05, 0) is 50.4 Å². The van der Waals surface area contributed by atoms with Crippen LogP contribution in [0.1, 0.15) is 36.6 Å². The van der Waals surface area contributed by atoms with Gasteiger partial charge in [-0.1, -0.05) is 15.9 Å². The van der Waals surface area contributed by atoms with E-state index in [9.17, 15) is 4.39 Å². The van der Waals surface area contributed by atoms with Gasteiger partial charge in [0.1, 0.15) is 6.67 Å². The molecule has 1 aromatic heterocycles. The summed E-state index contributed by atoms with van der Waals surface area (Å²) in [7, 11) is 0. The molecule has 1 aliphatic heterocycles. The maximum absolute atomic E-state index is 13.0.